The maximum Gasteiger partial charge on any atom is 0.307 e. The van der Waals surface area contributed by atoms with Crippen LogP contribution in [0.3, 0.4) is 0 Å². The highest BCUT2D eigenvalue weighted by molar-refractivity contribution is 5.85. The van der Waals surface area contributed by atoms with E-state index < -0.39 is 17.8 Å². The van der Waals surface area contributed by atoms with Crippen LogP contribution in [0.4, 0.5) is 0 Å². The minimum Gasteiger partial charge on any atom is -0.481 e. The molecule has 0 aromatic carbocycles. The zero-order chi connectivity index (χ0) is 13.8. The van der Waals surface area contributed by atoms with Crippen LogP contribution in [0.1, 0.15) is 44.5 Å². The first-order valence-electron chi connectivity index (χ1n) is 6.36. The highest BCUT2D eigenvalue weighted by Gasteiger charge is 2.36. The van der Waals surface area contributed by atoms with E-state index >= 15 is 0 Å². The molecule has 104 valence electrons. The van der Waals surface area contributed by atoms with Gasteiger partial charge in [-0.25, -0.2) is 0 Å². The number of carbonyl (C=O) groups is 2. The Morgan fingerprint density at radius 2 is 2.05 bits per heavy atom. The number of nitrogens with zero attached hydrogens (tertiary/aromatic N) is 3. The Morgan fingerprint density at radius 3 is 2.63 bits per heavy atom. The lowest BCUT2D eigenvalue weighted by Crippen LogP contribution is -2.40. The van der Waals surface area contributed by atoms with Crippen LogP contribution in [0.2, 0.25) is 0 Å². The molecule has 1 fully saturated rings. The monoisotopic (exact) mass is 267 g/mol. The molecule has 0 spiro atoms. The number of aromatic amines is 1. The zero-order valence-electron chi connectivity index (χ0n) is 10.7. The quantitative estimate of drug-likeness (QED) is 0.720. The van der Waals surface area contributed by atoms with Crippen LogP contribution in [-0.2, 0) is 9.59 Å². The Kier molecular flexibility index (Phi) is 4.08. The highest BCUT2D eigenvalue weighted by atomic mass is 16.4. The topological polar surface area (TPSA) is 121 Å². The van der Waals surface area contributed by atoms with Crippen LogP contribution in [0.5, 0.6) is 0 Å². The second kappa shape index (κ2) is 5.77. The van der Waals surface area contributed by atoms with Crippen LogP contribution in [0.25, 0.3) is 0 Å². The molecule has 19 heavy (non-hydrogen) atoms. The van der Waals surface area contributed by atoms with E-state index in [0.29, 0.717) is 18.7 Å². The van der Waals surface area contributed by atoms with Gasteiger partial charge < -0.3 is 10.4 Å². The number of hydrogen-bond donors (Lipinski definition) is 3. The van der Waals surface area contributed by atoms with Crippen LogP contribution in [-0.4, -0.2) is 37.6 Å². The second-order valence-electron chi connectivity index (χ2n) is 4.84. The molecule has 1 amide bonds. The molecule has 3 N–H and O–H groups in total. The molecule has 0 aliphatic heterocycles. The van der Waals surface area contributed by atoms with Crippen molar-refractivity contribution in [3.63, 3.8) is 0 Å². The van der Waals surface area contributed by atoms with Crippen molar-refractivity contribution >= 4 is 11.9 Å². The summed E-state index contributed by atoms with van der Waals surface area (Å²) in [6, 6.07) is -0.386. The summed E-state index contributed by atoms with van der Waals surface area (Å²) < 4.78 is 0. The van der Waals surface area contributed by atoms with E-state index in [2.05, 4.69) is 25.9 Å². The molecule has 3 atom stereocenters. The molecule has 1 aromatic rings. The number of H-pyrrole nitrogens is 1. The van der Waals surface area contributed by atoms with Crippen LogP contribution < -0.4 is 5.32 Å². The standard InChI is InChI=1S/C11H17N5O3/c1-6(9-13-15-16-14-9)12-10(17)7-4-2-3-5-8(7)11(18)19/h6-8H,2-5H2,1H3,(H,12,17)(H,18,19)(H,13,14,15,16)/t6?,7-,8+/m1/s1. The van der Waals surface area contributed by atoms with Crippen molar-refractivity contribution < 1.29 is 14.7 Å². The fourth-order valence-corrected chi connectivity index (χ4v) is 2.48. The smallest absolute Gasteiger partial charge is 0.307 e. The molecule has 1 aliphatic carbocycles. The maximum atomic E-state index is 12.2. The van der Waals surface area contributed by atoms with Crippen molar-refractivity contribution in [1.82, 2.24) is 25.9 Å². The van der Waals surface area contributed by atoms with E-state index in [1.54, 1.807) is 6.92 Å². The Hall–Kier alpha value is -1.99. The minimum absolute atomic E-state index is 0.246. The number of amides is 1. The number of carboxylic acids is 1. The van der Waals surface area contributed by atoms with Crippen molar-refractivity contribution in [3.05, 3.63) is 5.82 Å². The van der Waals surface area contributed by atoms with Crippen LogP contribution >= 0.6 is 0 Å². The number of carbonyl (C=O) groups excluding carboxylic acids is 1. The number of hydrogen-bond acceptors (Lipinski definition) is 5. The number of aliphatic carboxylic acids is 1. The third-order valence-electron chi connectivity index (χ3n) is 3.53. The molecular formula is C11H17N5O3. The predicted molar refractivity (Wildman–Crippen MR) is 63.8 cm³/mol. The minimum atomic E-state index is -0.896. The van der Waals surface area contributed by atoms with Crippen molar-refractivity contribution in [2.75, 3.05) is 0 Å². The third kappa shape index (κ3) is 3.07. The molecule has 0 bridgehead atoms. The Balaban J connectivity index is 2.00. The van der Waals surface area contributed by atoms with Gasteiger partial charge in [0.25, 0.3) is 0 Å². The third-order valence-corrected chi connectivity index (χ3v) is 3.53. The summed E-state index contributed by atoms with van der Waals surface area (Å²) in [6.45, 7) is 1.74. The van der Waals surface area contributed by atoms with Gasteiger partial charge in [-0.15, -0.1) is 10.2 Å². The highest BCUT2D eigenvalue weighted by Crippen LogP contribution is 2.30. The molecule has 0 radical (unpaired) electrons. The van der Waals surface area contributed by atoms with Crippen molar-refractivity contribution in [1.29, 1.82) is 0 Å². The van der Waals surface area contributed by atoms with Crippen molar-refractivity contribution in [3.8, 4) is 0 Å². The first-order valence-corrected chi connectivity index (χ1v) is 6.36. The lowest BCUT2D eigenvalue weighted by atomic mass is 9.78. The largest absolute Gasteiger partial charge is 0.481 e. The Labute approximate surface area is 110 Å². The van der Waals surface area contributed by atoms with Crippen molar-refractivity contribution in [2.45, 2.75) is 38.6 Å². The van der Waals surface area contributed by atoms with Gasteiger partial charge in [-0.1, -0.05) is 18.1 Å². The van der Waals surface area contributed by atoms with Gasteiger partial charge in [0.15, 0.2) is 5.82 Å². The summed E-state index contributed by atoms with van der Waals surface area (Å²) >= 11 is 0. The molecule has 0 saturated heterocycles. The number of tetrazole rings is 1. The fraction of sp³-hybridized carbons (Fsp3) is 0.727. The maximum absolute atomic E-state index is 12.2. The van der Waals surface area contributed by atoms with Gasteiger partial charge >= 0.3 is 5.97 Å². The molecule has 1 aliphatic rings. The summed E-state index contributed by atoms with van der Waals surface area (Å²) in [5.74, 6) is -1.82. The number of rotatable bonds is 4. The summed E-state index contributed by atoms with van der Waals surface area (Å²) in [4.78, 5) is 23.3. The van der Waals surface area contributed by atoms with Gasteiger partial charge in [0, 0.05) is 0 Å². The first-order chi connectivity index (χ1) is 9.09. The number of carboxylic acid groups (broad SMARTS) is 1. The predicted octanol–water partition coefficient (Wildman–Crippen LogP) is 0.268. The van der Waals surface area contributed by atoms with E-state index in [9.17, 15) is 9.59 Å². The van der Waals surface area contributed by atoms with E-state index in [-0.39, 0.29) is 11.9 Å². The molecule has 1 unspecified atom stereocenters. The van der Waals surface area contributed by atoms with E-state index in [4.69, 9.17) is 5.11 Å². The lowest BCUT2D eigenvalue weighted by Gasteiger charge is -2.28. The normalized spacial score (nSPS) is 24.7. The number of nitrogens with one attached hydrogen (secondary N) is 2. The Bertz CT molecular complexity index is 447. The molecule has 1 heterocycles. The number of aromatic nitrogens is 4. The van der Waals surface area contributed by atoms with Gasteiger partial charge in [-0.3, -0.25) is 9.59 Å². The fourth-order valence-electron chi connectivity index (χ4n) is 2.48. The molecule has 1 saturated carbocycles. The average Bonchev–Trinajstić information content (AvgIpc) is 2.92. The van der Waals surface area contributed by atoms with Crippen LogP contribution in [0.15, 0.2) is 0 Å². The van der Waals surface area contributed by atoms with Crippen LogP contribution in [0, 0.1) is 11.8 Å². The van der Waals surface area contributed by atoms with Gasteiger partial charge in [0.05, 0.1) is 17.9 Å². The Morgan fingerprint density at radius 1 is 1.37 bits per heavy atom. The van der Waals surface area contributed by atoms with E-state index in [1.165, 1.54) is 0 Å². The second-order valence-corrected chi connectivity index (χ2v) is 4.84. The summed E-state index contributed by atoms with van der Waals surface area (Å²) in [6.07, 6.45) is 2.92. The summed E-state index contributed by atoms with van der Waals surface area (Å²) in [7, 11) is 0. The zero-order valence-corrected chi connectivity index (χ0v) is 10.7. The first kappa shape index (κ1) is 13.4. The summed E-state index contributed by atoms with van der Waals surface area (Å²) in [5, 5.41) is 25.2. The van der Waals surface area contributed by atoms with Crippen molar-refractivity contribution in [2.24, 2.45) is 11.8 Å². The molecule has 8 heteroatoms. The molecule has 8 nitrogen and oxygen atoms in total. The molecule has 2 rings (SSSR count). The van der Waals surface area contributed by atoms with Gasteiger partial charge in [0.1, 0.15) is 0 Å². The van der Waals surface area contributed by atoms with Gasteiger partial charge in [-0.05, 0) is 19.8 Å². The summed E-state index contributed by atoms with van der Waals surface area (Å²) in [5.41, 5.74) is 0. The SMILES string of the molecule is CC(NC(=O)[C@@H]1CCCC[C@@H]1C(=O)O)c1nn[nH]n1. The average molecular weight is 267 g/mol. The van der Waals surface area contributed by atoms with E-state index in [0.717, 1.165) is 12.8 Å². The van der Waals surface area contributed by atoms with Gasteiger partial charge in [-0.2, -0.15) is 5.21 Å². The van der Waals surface area contributed by atoms with E-state index in [1.807, 2.05) is 0 Å². The molecular weight excluding hydrogens is 250 g/mol. The molecule has 1 aromatic heterocycles. The lowest BCUT2D eigenvalue weighted by molar-refractivity contribution is -0.149. The van der Waals surface area contributed by atoms with Gasteiger partial charge in [0.2, 0.25) is 5.91 Å².